The van der Waals surface area contributed by atoms with Crippen LogP contribution in [0.1, 0.15) is 17.3 Å². The standard InChI is InChI=1S/C12H11BrN2O/c1-2-15-12(10(8-16)7-14-15)9-4-3-5-11(13)6-9/h3-8H,2H2,1H3. The zero-order valence-electron chi connectivity index (χ0n) is 8.85. The van der Waals surface area contributed by atoms with E-state index in [9.17, 15) is 4.79 Å². The van der Waals surface area contributed by atoms with Gasteiger partial charge in [-0.25, -0.2) is 0 Å². The van der Waals surface area contributed by atoms with Crippen molar-refractivity contribution in [3.63, 3.8) is 0 Å². The molecule has 0 fully saturated rings. The molecular formula is C12H11BrN2O. The van der Waals surface area contributed by atoms with Crippen LogP contribution in [0.4, 0.5) is 0 Å². The van der Waals surface area contributed by atoms with Gasteiger partial charge in [0.15, 0.2) is 6.29 Å². The molecule has 0 bridgehead atoms. The summed E-state index contributed by atoms with van der Waals surface area (Å²) in [6.07, 6.45) is 2.45. The van der Waals surface area contributed by atoms with Crippen LogP contribution in [0, 0.1) is 0 Å². The first-order chi connectivity index (χ1) is 7.76. The zero-order chi connectivity index (χ0) is 11.5. The predicted octanol–water partition coefficient (Wildman–Crippen LogP) is 3.15. The van der Waals surface area contributed by atoms with E-state index in [4.69, 9.17) is 0 Å². The van der Waals surface area contributed by atoms with E-state index in [2.05, 4.69) is 21.0 Å². The highest BCUT2D eigenvalue weighted by atomic mass is 79.9. The van der Waals surface area contributed by atoms with E-state index in [-0.39, 0.29) is 0 Å². The van der Waals surface area contributed by atoms with E-state index < -0.39 is 0 Å². The van der Waals surface area contributed by atoms with Crippen molar-refractivity contribution in [3.05, 3.63) is 40.5 Å². The minimum atomic E-state index is 0.625. The Bertz CT molecular complexity index is 519. The summed E-state index contributed by atoms with van der Waals surface area (Å²) in [7, 11) is 0. The van der Waals surface area contributed by atoms with Gasteiger partial charge in [0.05, 0.1) is 17.5 Å². The summed E-state index contributed by atoms with van der Waals surface area (Å²) in [6, 6.07) is 7.86. The van der Waals surface area contributed by atoms with Crippen LogP contribution in [0.25, 0.3) is 11.3 Å². The molecule has 16 heavy (non-hydrogen) atoms. The molecule has 0 saturated carbocycles. The number of nitrogens with zero attached hydrogens (tertiary/aromatic N) is 2. The maximum absolute atomic E-state index is 10.9. The fraction of sp³-hybridized carbons (Fsp3) is 0.167. The van der Waals surface area contributed by atoms with Crippen molar-refractivity contribution in [2.24, 2.45) is 0 Å². The zero-order valence-corrected chi connectivity index (χ0v) is 10.4. The Hall–Kier alpha value is -1.42. The van der Waals surface area contributed by atoms with E-state index in [0.717, 1.165) is 28.6 Å². The number of aldehydes is 1. The number of aryl methyl sites for hydroxylation is 1. The van der Waals surface area contributed by atoms with Gasteiger partial charge in [-0.15, -0.1) is 0 Å². The molecule has 0 atom stereocenters. The maximum atomic E-state index is 10.9. The Morgan fingerprint density at radius 3 is 2.94 bits per heavy atom. The Balaban J connectivity index is 2.61. The number of aromatic nitrogens is 2. The smallest absolute Gasteiger partial charge is 0.153 e. The molecule has 0 radical (unpaired) electrons. The SMILES string of the molecule is CCn1ncc(C=O)c1-c1cccc(Br)c1. The Morgan fingerprint density at radius 1 is 1.50 bits per heavy atom. The monoisotopic (exact) mass is 278 g/mol. The minimum Gasteiger partial charge on any atom is -0.298 e. The number of benzene rings is 1. The van der Waals surface area contributed by atoms with Crippen LogP contribution in [0.15, 0.2) is 34.9 Å². The Labute approximate surface area is 102 Å². The fourth-order valence-corrected chi connectivity index (χ4v) is 2.08. The highest BCUT2D eigenvalue weighted by Crippen LogP contribution is 2.25. The van der Waals surface area contributed by atoms with E-state index >= 15 is 0 Å². The van der Waals surface area contributed by atoms with E-state index in [1.807, 2.05) is 35.9 Å². The van der Waals surface area contributed by atoms with Crippen molar-refractivity contribution < 1.29 is 4.79 Å². The lowest BCUT2D eigenvalue weighted by Crippen LogP contribution is -1.99. The van der Waals surface area contributed by atoms with Crippen molar-refractivity contribution in [2.45, 2.75) is 13.5 Å². The van der Waals surface area contributed by atoms with Gasteiger partial charge in [0, 0.05) is 16.6 Å². The van der Waals surface area contributed by atoms with Crippen LogP contribution >= 0.6 is 15.9 Å². The molecular weight excluding hydrogens is 268 g/mol. The fourth-order valence-electron chi connectivity index (χ4n) is 1.68. The normalized spacial score (nSPS) is 10.4. The molecule has 0 unspecified atom stereocenters. The third-order valence-electron chi connectivity index (χ3n) is 2.39. The lowest BCUT2D eigenvalue weighted by molar-refractivity contribution is 0.112. The summed E-state index contributed by atoms with van der Waals surface area (Å²) < 4.78 is 2.82. The van der Waals surface area contributed by atoms with Crippen LogP contribution in [-0.4, -0.2) is 16.1 Å². The molecule has 82 valence electrons. The molecule has 0 aliphatic rings. The molecule has 3 nitrogen and oxygen atoms in total. The van der Waals surface area contributed by atoms with Crippen molar-refractivity contribution in [2.75, 3.05) is 0 Å². The van der Waals surface area contributed by atoms with Gasteiger partial charge in [0.2, 0.25) is 0 Å². The Kier molecular flexibility index (Phi) is 3.19. The predicted molar refractivity (Wildman–Crippen MR) is 66.4 cm³/mol. The van der Waals surface area contributed by atoms with Crippen LogP contribution in [-0.2, 0) is 6.54 Å². The molecule has 0 amide bonds. The van der Waals surface area contributed by atoms with E-state index in [1.165, 1.54) is 0 Å². The number of hydrogen-bond acceptors (Lipinski definition) is 2. The molecule has 2 rings (SSSR count). The highest BCUT2D eigenvalue weighted by molar-refractivity contribution is 9.10. The number of hydrogen-bond donors (Lipinski definition) is 0. The van der Waals surface area contributed by atoms with Crippen LogP contribution < -0.4 is 0 Å². The molecule has 1 aromatic heterocycles. The number of carbonyl (C=O) groups is 1. The lowest BCUT2D eigenvalue weighted by atomic mass is 10.1. The van der Waals surface area contributed by atoms with Gasteiger partial charge in [-0.05, 0) is 19.1 Å². The summed E-state index contributed by atoms with van der Waals surface area (Å²) in [6.45, 7) is 2.75. The molecule has 4 heteroatoms. The second-order valence-electron chi connectivity index (χ2n) is 3.39. The number of carbonyl (C=O) groups excluding carboxylic acids is 1. The molecule has 0 aliphatic carbocycles. The number of rotatable bonds is 3. The van der Waals surface area contributed by atoms with Crippen molar-refractivity contribution >= 4 is 22.2 Å². The van der Waals surface area contributed by atoms with E-state index in [0.29, 0.717) is 5.56 Å². The second-order valence-corrected chi connectivity index (χ2v) is 4.31. The second kappa shape index (κ2) is 4.61. The first kappa shape index (κ1) is 11.1. The summed E-state index contributed by atoms with van der Waals surface area (Å²) in [4.78, 5) is 10.9. The van der Waals surface area contributed by atoms with Crippen molar-refractivity contribution in [1.82, 2.24) is 9.78 Å². The van der Waals surface area contributed by atoms with Gasteiger partial charge in [-0.1, -0.05) is 28.1 Å². The van der Waals surface area contributed by atoms with Crippen LogP contribution in [0.2, 0.25) is 0 Å². The van der Waals surface area contributed by atoms with Gasteiger partial charge in [0.1, 0.15) is 0 Å². The molecule has 0 saturated heterocycles. The third-order valence-corrected chi connectivity index (χ3v) is 2.89. The first-order valence-electron chi connectivity index (χ1n) is 5.03. The van der Waals surface area contributed by atoms with Gasteiger partial charge in [0.25, 0.3) is 0 Å². The van der Waals surface area contributed by atoms with Gasteiger partial charge in [-0.2, -0.15) is 5.10 Å². The third kappa shape index (κ3) is 1.93. The minimum absolute atomic E-state index is 0.625. The first-order valence-corrected chi connectivity index (χ1v) is 5.82. The topological polar surface area (TPSA) is 34.9 Å². The largest absolute Gasteiger partial charge is 0.298 e. The van der Waals surface area contributed by atoms with Crippen LogP contribution in [0.3, 0.4) is 0 Å². The van der Waals surface area contributed by atoms with Gasteiger partial charge in [-0.3, -0.25) is 9.48 Å². The van der Waals surface area contributed by atoms with Crippen molar-refractivity contribution in [1.29, 1.82) is 0 Å². The average molecular weight is 279 g/mol. The van der Waals surface area contributed by atoms with E-state index in [1.54, 1.807) is 6.20 Å². The highest BCUT2D eigenvalue weighted by Gasteiger charge is 2.11. The quantitative estimate of drug-likeness (QED) is 0.809. The molecule has 0 N–H and O–H groups in total. The van der Waals surface area contributed by atoms with Gasteiger partial charge < -0.3 is 0 Å². The summed E-state index contributed by atoms with van der Waals surface area (Å²) in [5.41, 5.74) is 2.49. The summed E-state index contributed by atoms with van der Waals surface area (Å²) >= 11 is 3.42. The van der Waals surface area contributed by atoms with Gasteiger partial charge >= 0.3 is 0 Å². The molecule has 0 aliphatic heterocycles. The van der Waals surface area contributed by atoms with Crippen LogP contribution in [0.5, 0.6) is 0 Å². The molecule has 1 heterocycles. The van der Waals surface area contributed by atoms with Crippen molar-refractivity contribution in [3.8, 4) is 11.3 Å². The molecule has 0 spiro atoms. The molecule has 1 aromatic carbocycles. The summed E-state index contributed by atoms with van der Waals surface area (Å²) in [5.74, 6) is 0. The Morgan fingerprint density at radius 2 is 2.31 bits per heavy atom. The lowest BCUT2D eigenvalue weighted by Gasteiger charge is -2.06. The number of halogens is 1. The average Bonchev–Trinajstić information content (AvgIpc) is 2.71. The maximum Gasteiger partial charge on any atom is 0.153 e. The summed E-state index contributed by atoms with van der Waals surface area (Å²) in [5, 5.41) is 4.18. The molecule has 2 aromatic rings.